The van der Waals surface area contributed by atoms with Crippen LogP contribution in [0.25, 0.3) is 0 Å². The molecule has 6 nitrogen and oxygen atoms in total. The lowest BCUT2D eigenvalue weighted by Crippen LogP contribution is -2.22. The van der Waals surface area contributed by atoms with Crippen molar-refractivity contribution >= 4 is 34.2 Å². The predicted octanol–water partition coefficient (Wildman–Crippen LogP) is 3.19. The van der Waals surface area contributed by atoms with Gasteiger partial charge in [-0.3, -0.25) is 9.59 Å². The number of hydrogen-bond acceptors (Lipinski definition) is 6. The Morgan fingerprint density at radius 2 is 1.96 bits per heavy atom. The number of ether oxygens (including phenoxy) is 2. The summed E-state index contributed by atoms with van der Waals surface area (Å²) in [5.74, 6) is -0.332. The summed E-state index contributed by atoms with van der Waals surface area (Å²) in [6, 6.07) is 0. The fraction of sp³-hybridized carbons (Fsp3) is 0.632. The number of anilines is 1. The molecule has 1 N–H and O–H groups in total. The van der Waals surface area contributed by atoms with Crippen LogP contribution in [0, 0.1) is 17.8 Å². The van der Waals surface area contributed by atoms with Crippen molar-refractivity contribution in [1.82, 2.24) is 0 Å². The van der Waals surface area contributed by atoms with E-state index in [0.717, 1.165) is 36.1 Å². The monoisotopic (exact) mass is 379 g/mol. The zero-order chi connectivity index (χ0) is 18.8. The molecule has 0 saturated heterocycles. The van der Waals surface area contributed by atoms with Gasteiger partial charge in [-0.2, -0.15) is 0 Å². The average Bonchev–Trinajstić information content (AvgIpc) is 3.21. The van der Waals surface area contributed by atoms with Gasteiger partial charge in [-0.15, -0.1) is 11.3 Å². The maximum absolute atomic E-state index is 12.4. The Morgan fingerprint density at radius 1 is 1.23 bits per heavy atom. The lowest BCUT2D eigenvalue weighted by Gasteiger charge is -2.18. The van der Waals surface area contributed by atoms with Gasteiger partial charge in [-0.1, -0.05) is 13.8 Å². The summed E-state index contributed by atoms with van der Waals surface area (Å²) in [6.07, 6.45) is 3.55. The third-order valence-electron chi connectivity index (χ3n) is 5.00. The first-order chi connectivity index (χ1) is 12.4. The maximum Gasteiger partial charge on any atom is 0.341 e. The molecule has 0 aliphatic heterocycles. The van der Waals surface area contributed by atoms with Gasteiger partial charge in [0.1, 0.15) is 5.00 Å². The SMILES string of the molecule is CCOC(=O)c1c(NC(=O)COC(=O)[C@@H]2C[C@H]2C)sc2c1CC[C@H](C)C2. The van der Waals surface area contributed by atoms with Gasteiger partial charge in [0.2, 0.25) is 0 Å². The summed E-state index contributed by atoms with van der Waals surface area (Å²) < 4.78 is 10.3. The topological polar surface area (TPSA) is 81.7 Å². The van der Waals surface area contributed by atoms with Crippen LogP contribution in [-0.2, 0) is 31.9 Å². The van der Waals surface area contributed by atoms with Gasteiger partial charge in [0.05, 0.1) is 18.1 Å². The van der Waals surface area contributed by atoms with Gasteiger partial charge in [0.15, 0.2) is 6.61 Å². The van der Waals surface area contributed by atoms with E-state index in [2.05, 4.69) is 12.2 Å². The number of amides is 1. The highest BCUT2D eigenvalue weighted by Gasteiger charge is 2.40. The quantitative estimate of drug-likeness (QED) is 0.768. The Labute approximate surface area is 157 Å². The maximum atomic E-state index is 12.4. The molecule has 0 unspecified atom stereocenters. The van der Waals surface area contributed by atoms with Crippen LogP contribution < -0.4 is 5.32 Å². The van der Waals surface area contributed by atoms with E-state index in [1.54, 1.807) is 6.92 Å². The van der Waals surface area contributed by atoms with Crippen LogP contribution in [0.15, 0.2) is 0 Å². The van der Waals surface area contributed by atoms with E-state index in [1.807, 2.05) is 6.92 Å². The molecule has 0 aromatic carbocycles. The van der Waals surface area contributed by atoms with Crippen LogP contribution in [0.5, 0.6) is 0 Å². The number of esters is 2. The number of carbonyl (C=O) groups is 3. The zero-order valence-electron chi connectivity index (χ0n) is 15.4. The van der Waals surface area contributed by atoms with Gasteiger partial charge in [0, 0.05) is 4.88 Å². The van der Waals surface area contributed by atoms with Crippen molar-refractivity contribution < 1.29 is 23.9 Å². The van der Waals surface area contributed by atoms with Gasteiger partial charge in [-0.05, 0) is 50.0 Å². The summed E-state index contributed by atoms with van der Waals surface area (Å²) in [4.78, 5) is 37.5. The minimum Gasteiger partial charge on any atom is -0.462 e. The molecule has 7 heteroatoms. The number of fused-ring (bicyclic) bond motifs is 1. The van der Waals surface area contributed by atoms with Crippen molar-refractivity contribution in [2.24, 2.45) is 17.8 Å². The van der Waals surface area contributed by atoms with E-state index in [9.17, 15) is 14.4 Å². The lowest BCUT2D eigenvalue weighted by atomic mass is 9.88. The molecule has 2 aliphatic carbocycles. The van der Waals surface area contributed by atoms with Crippen LogP contribution in [0.1, 0.15) is 54.4 Å². The molecule has 2 aliphatic rings. The third kappa shape index (κ3) is 4.09. The molecule has 1 heterocycles. The Bertz CT molecular complexity index is 726. The van der Waals surface area contributed by atoms with Crippen molar-refractivity contribution in [2.75, 3.05) is 18.5 Å². The summed E-state index contributed by atoms with van der Waals surface area (Å²) in [7, 11) is 0. The minimum atomic E-state index is -0.427. The molecule has 1 aromatic rings. The number of hydrogen-bond donors (Lipinski definition) is 1. The zero-order valence-corrected chi connectivity index (χ0v) is 16.2. The van der Waals surface area contributed by atoms with Crippen molar-refractivity contribution in [3.8, 4) is 0 Å². The van der Waals surface area contributed by atoms with E-state index in [0.29, 0.717) is 22.4 Å². The second-order valence-corrected chi connectivity index (χ2v) is 8.36. The molecule has 0 radical (unpaired) electrons. The Hall–Kier alpha value is -1.89. The van der Waals surface area contributed by atoms with Crippen molar-refractivity contribution in [1.29, 1.82) is 0 Å². The summed E-state index contributed by atoms with van der Waals surface area (Å²) in [5, 5.41) is 3.25. The predicted molar refractivity (Wildman–Crippen MR) is 98.3 cm³/mol. The lowest BCUT2D eigenvalue weighted by molar-refractivity contribution is -0.148. The molecule has 3 atom stereocenters. The average molecular weight is 379 g/mol. The standard InChI is InChI=1S/C19H25NO5S/c1-4-24-19(23)16-12-6-5-10(2)7-14(12)26-17(16)20-15(21)9-25-18(22)13-8-11(13)3/h10-11,13H,4-9H2,1-3H3,(H,20,21)/t10-,11+,13+/m0/s1. The van der Waals surface area contributed by atoms with Crippen LogP contribution in [0.4, 0.5) is 5.00 Å². The summed E-state index contributed by atoms with van der Waals surface area (Å²) in [5.41, 5.74) is 1.46. The van der Waals surface area contributed by atoms with E-state index < -0.39 is 11.9 Å². The highest BCUT2D eigenvalue weighted by atomic mass is 32.1. The van der Waals surface area contributed by atoms with Crippen molar-refractivity contribution in [3.05, 3.63) is 16.0 Å². The van der Waals surface area contributed by atoms with Gasteiger partial charge in [-0.25, -0.2) is 4.79 Å². The number of nitrogens with one attached hydrogen (secondary N) is 1. The fourth-order valence-electron chi connectivity index (χ4n) is 3.31. The summed E-state index contributed by atoms with van der Waals surface area (Å²) >= 11 is 1.43. The molecular formula is C19H25NO5S. The van der Waals surface area contributed by atoms with Crippen molar-refractivity contribution in [3.63, 3.8) is 0 Å². The molecule has 142 valence electrons. The van der Waals surface area contributed by atoms with E-state index in [4.69, 9.17) is 9.47 Å². The molecule has 26 heavy (non-hydrogen) atoms. The van der Waals surface area contributed by atoms with Gasteiger partial charge >= 0.3 is 11.9 Å². The molecule has 0 bridgehead atoms. The number of rotatable bonds is 6. The highest BCUT2D eigenvalue weighted by molar-refractivity contribution is 7.17. The van der Waals surface area contributed by atoms with Crippen molar-refractivity contribution in [2.45, 2.75) is 46.5 Å². The first-order valence-electron chi connectivity index (χ1n) is 9.18. The van der Waals surface area contributed by atoms with Crippen LogP contribution >= 0.6 is 11.3 Å². The highest BCUT2D eigenvalue weighted by Crippen LogP contribution is 2.40. The Kier molecular flexibility index (Phi) is 5.65. The smallest absolute Gasteiger partial charge is 0.341 e. The van der Waals surface area contributed by atoms with Gasteiger partial charge < -0.3 is 14.8 Å². The Morgan fingerprint density at radius 3 is 2.62 bits per heavy atom. The first kappa shape index (κ1) is 18.9. The van der Waals surface area contributed by atoms with Crippen LogP contribution in [0.3, 0.4) is 0 Å². The second kappa shape index (κ2) is 7.78. The molecule has 1 amide bonds. The first-order valence-corrected chi connectivity index (χ1v) is 10.0. The normalized spacial score (nSPS) is 23.7. The molecule has 1 aromatic heterocycles. The third-order valence-corrected chi connectivity index (χ3v) is 6.17. The molecular weight excluding hydrogens is 354 g/mol. The van der Waals surface area contributed by atoms with Crippen LogP contribution in [-0.4, -0.2) is 31.1 Å². The second-order valence-electron chi connectivity index (χ2n) is 7.25. The number of thiophene rings is 1. The van der Waals surface area contributed by atoms with Crippen LogP contribution in [0.2, 0.25) is 0 Å². The minimum absolute atomic E-state index is 0.0755. The molecule has 3 rings (SSSR count). The molecule has 0 spiro atoms. The fourth-order valence-corrected chi connectivity index (χ4v) is 4.73. The summed E-state index contributed by atoms with van der Waals surface area (Å²) in [6.45, 7) is 5.88. The largest absolute Gasteiger partial charge is 0.462 e. The van der Waals surface area contributed by atoms with E-state index in [1.165, 1.54) is 11.3 Å². The Balaban J connectivity index is 1.70. The van der Waals surface area contributed by atoms with E-state index in [-0.39, 0.29) is 25.1 Å². The number of carbonyl (C=O) groups excluding carboxylic acids is 3. The van der Waals surface area contributed by atoms with E-state index >= 15 is 0 Å². The van der Waals surface area contributed by atoms with Gasteiger partial charge in [0.25, 0.3) is 5.91 Å². The molecule has 1 saturated carbocycles. The molecule has 1 fully saturated rings.